The smallest absolute Gasteiger partial charge is 0.238 e. The van der Waals surface area contributed by atoms with Gasteiger partial charge in [0.2, 0.25) is 11.8 Å². The van der Waals surface area contributed by atoms with E-state index in [0.717, 1.165) is 35.8 Å². The molecule has 4 aliphatic rings. The van der Waals surface area contributed by atoms with Crippen LogP contribution in [-0.4, -0.2) is 11.8 Å². The molecule has 24 heavy (non-hydrogen) atoms. The normalized spacial score (nSPS) is 34.6. The molecule has 0 unspecified atom stereocenters. The van der Waals surface area contributed by atoms with Gasteiger partial charge in [0.05, 0.1) is 17.5 Å². The number of benzene rings is 1. The van der Waals surface area contributed by atoms with Gasteiger partial charge in [0.15, 0.2) is 0 Å². The average Bonchev–Trinajstić information content (AvgIpc) is 3.27. The topological polar surface area (TPSA) is 37.4 Å². The number of halogens is 1. The van der Waals surface area contributed by atoms with Crippen LogP contribution in [0.1, 0.15) is 38.5 Å². The van der Waals surface area contributed by atoms with Gasteiger partial charge < -0.3 is 0 Å². The van der Waals surface area contributed by atoms with Crippen molar-refractivity contribution >= 4 is 33.4 Å². The molecule has 1 saturated heterocycles. The van der Waals surface area contributed by atoms with Crippen molar-refractivity contribution in [2.45, 2.75) is 38.5 Å². The first-order valence-corrected chi connectivity index (χ1v) is 9.81. The number of carbonyl (C=O) groups is 2. The summed E-state index contributed by atoms with van der Waals surface area (Å²) < 4.78 is 0.959. The zero-order valence-electron chi connectivity index (χ0n) is 13.5. The van der Waals surface area contributed by atoms with E-state index in [1.54, 1.807) is 11.1 Å². The molecular formula is C20H20BrNO2. The molecule has 0 bridgehead atoms. The van der Waals surface area contributed by atoms with E-state index in [9.17, 15) is 9.59 Å². The summed E-state index contributed by atoms with van der Waals surface area (Å²) in [6.45, 7) is 0. The Morgan fingerprint density at radius 2 is 1.33 bits per heavy atom. The zero-order chi connectivity index (χ0) is 16.4. The highest BCUT2D eigenvalue weighted by Gasteiger charge is 2.59. The fourth-order valence-corrected chi connectivity index (χ4v) is 6.00. The van der Waals surface area contributed by atoms with Crippen molar-refractivity contribution in [3.63, 3.8) is 0 Å². The Labute approximate surface area is 150 Å². The van der Waals surface area contributed by atoms with Gasteiger partial charge in [0, 0.05) is 4.47 Å². The van der Waals surface area contributed by atoms with Crippen LogP contribution in [-0.2, 0) is 9.59 Å². The molecule has 0 spiro atoms. The molecule has 124 valence electrons. The Morgan fingerprint density at radius 3 is 1.83 bits per heavy atom. The number of rotatable bonds is 1. The quantitative estimate of drug-likeness (QED) is 0.528. The van der Waals surface area contributed by atoms with E-state index in [0.29, 0.717) is 11.8 Å². The van der Waals surface area contributed by atoms with Gasteiger partial charge in [-0.2, -0.15) is 0 Å². The number of amides is 2. The van der Waals surface area contributed by atoms with Gasteiger partial charge in [-0.05, 0) is 74.6 Å². The number of anilines is 1. The molecule has 1 heterocycles. The van der Waals surface area contributed by atoms with E-state index in [-0.39, 0.29) is 23.7 Å². The minimum absolute atomic E-state index is 0.0441. The van der Waals surface area contributed by atoms with E-state index in [4.69, 9.17) is 0 Å². The van der Waals surface area contributed by atoms with E-state index in [2.05, 4.69) is 15.9 Å². The highest BCUT2D eigenvalue weighted by Crippen LogP contribution is 2.57. The third-order valence-electron chi connectivity index (χ3n) is 6.58. The van der Waals surface area contributed by atoms with Crippen LogP contribution < -0.4 is 4.90 Å². The van der Waals surface area contributed by atoms with Crippen LogP contribution in [0.25, 0.3) is 0 Å². The monoisotopic (exact) mass is 385 g/mol. The van der Waals surface area contributed by atoms with Crippen LogP contribution >= 0.6 is 15.9 Å². The van der Waals surface area contributed by atoms with Crippen molar-refractivity contribution in [1.82, 2.24) is 0 Å². The summed E-state index contributed by atoms with van der Waals surface area (Å²) in [6.07, 6.45) is 6.83. The molecule has 3 fully saturated rings. The number of fused-ring (bicyclic) bond motifs is 5. The SMILES string of the molecule is O=C1[C@@H]2[C@H](C(=O)N1c1ccc(Br)cc1)[C@@H]1CCCC1=C1CCC[C@@H]12. The van der Waals surface area contributed by atoms with Gasteiger partial charge in [-0.25, -0.2) is 0 Å². The Morgan fingerprint density at radius 1 is 0.833 bits per heavy atom. The second-order valence-corrected chi connectivity index (χ2v) is 8.50. The van der Waals surface area contributed by atoms with Crippen molar-refractivity contribution in [1.29, 1.82) is 0 Å². The van der Waals surface area contributed by atoms with Crippen LogP contribution in [0.2, 0.25) is 0 Å². The summed E-state index contributed by atoms with van der Waals surface area (Å²) >= 11 is 3.42. The molecule has 0 radical (unpaired) electrons. The molecule has 0 N–H and O–H groups in total. The Kier molecular flexibility index (Phi) is 3.28. The maximum Gasteiger partial charge on any atom is 0.238 e. The van der Waals surface area contributed by atoms with E-state index in [1.807, 2.05) is 24.3 Å². The molecule has 2 saturated carbocycles. The maximum atomic E-state index is 13.2. The number of allylic oxidation sites excluding steroid dienone is 2. The fourth-order valence-electron chi connectivity index (χ4n) is 5.74. The summed E-state index contributed by atoms with van der Waals surface area (Å²) in [5, 5.41) is 0. The molecule has 1 aromatic carbocycles. The first kappa shape index (κ1) is 14.9. The summed E-state index contributed by atoms with van der Waals surface area (Å²) in [7, 11) is 0. The number of hydrogen-bond donors (Lipinski definition) is 0. The van der Waals surface area contributed by atoms with E-state index < -0.39 is 0 Å². The number of imide groups is 1. The largest absolute Gasteiger partial charge is 0.274 e. The molecular weight excluding hydrogens is 366 g/mol. The highest BCUT2D eigenvalue weighted by atomic mass is 79.9. The van der Waals surface area contributed by atoms with Crippen LogP contribution in [0.5, 0.6) is 0 Å². The minimum Gasteiger partial charge on any atom is -0.274 e. The average molecular weight is 386 g/mol. The lowest BCUT2D eigenvalue weighted by molar-refractivity contribution is -0.122. The lowest BCUT2D eigenvalue weighted by Gasteiger charge is -2.34. The molecule has 3 nitrogen and oxygen atoms in total. The third-order valence-corrected chi connectivity index (χ3v) is 7.11. The minimum atomic E-state index is -0.106. The Hall–Kier alpha value is -1.42. The first-order valence-electron chi connectivity index (χ1n) is 9.02. The van der Waals surface area contributed by atoms with E-state index in [1.165, 1.54) is 17.7 Å². The lowest BCUT2D eigenvalue weighted by Crippen LogP contribution is -2.35. The lowest BCUT2D eigenvalue weighted by atomic mass is 9.66. The van der Waals surface area contributed by atoms with E-state index >= 15 is 0 Å². The summed E-state index contributed by atoms with van der Waals surface area (Å²) in [5.41, 5.74) is 3.83. The van der Waals surface area contributed by atoms with Crippen molar-refractivity contribution in [2.75, 3.05) is 4.90 Å². The molecule has 4 heteroatoms. The molecule has 5 rings (SSSR count). The van der Waals surface area contributed by atoms with Gasteiger partial charge in [-0.15, -0.1) is 0 Å². The van der Waals surface area contributed by atoms with Crippen LogP contribution in [0.3, 0.4) is 0 Å². The van der Waals surface area contributed by atoms with Gasteiger partial charge in [0.25, 0.3) is 0 Å². The number of nitrogens with zero attached hydrogens (tertiary/aromatic N) is 1. The zero-order valence-corrected chi connectivity index (χ0v) is 15.1. The molecule has 4 atom stereocenters. The molecule has 1 aromatic rings. The molecule has 3 aliphatic carbocycles. The maximum absolute atomic E-state index is 13.2. The van der Waals surface area contributed by atoms with Crippen LogP contribution in [0.15, 0.2) is 39.9 Å². The van der Waals surface area contributed by atoms with Gasteiger partial charge in [0.1, 0.15) is 0 Å². The molecule has 0 aromatic heterocycles. The summed E-state index contributed by atoms with van der Waals surface area (Å²) in [4.78, 5) is 28.0. The molecule has 1 aliphatic heterocycles. The van der Waals surface area contributed by atoms with Crippen molar-refractivity contribution < 1.29 is 9.59 Å². The molecule has 2 amide bonds. The van der Waals surface area contributed by atoms with Gasteiger partial charge >= 0.3 is 0 Å². The Balaban J connectivity index is 1.60. The Bertz CT molecular complexity index is 724. The van der Waals surface area contributed by atoms with Crippen molar-refractivity contribution in [3.05, 3.63) is 39.9 Å². The summed E-state index contributed by atoms with van der Waals surface area (Å²) in [6, 6.07) is 7.54. The third kappa shape index (κ3) is 1.89. The predicted molar refractivity (Wildman–Crippen MR) is 95.3 cm³/mol. The number of carbonyl (C=O) groups excluding carboxylic acids is 2. The standard InChI is InChI=1S/C20H20BrNO2/c21-11-7-9-12(10-8-11)22-19(23)17-15-5-1-3-13(15)14-4-2-6-16(14)18(17)20(22)24/h7-10,15-18H,1-6H2/t15-,16+,17-,18+. The second-order valence-electron chi connectivity index (χ2n) is 7.59. The second kappa shape index (κ2) is 5.29. The highest BCUT2D eigenvalue weighted by molar-refractivity contribution is 9.10. The van der Waals surface area contributed by atoms with Gasteiger partial charge in [-0.1, -0.05) is 27.1 Å². The first-order chi connectivity index (χ1) is 11.7. The summed E-state index contributed by atoms with van der Waals surface area (Å²) in [5.74, 6) is 0.536. The van der Waals surface area contributed by atoms with Crippen molar-refractivity contribution in [2.24, 2.45) is 23.7 Å². The van der Waals surface area contributed by atoms with Gasteiger partial charge in [-0.3, -0.25) is 14.5 Å². The van der Waals surface area contributed by atoms with Crippen molar-refractivity contribution in [3.8, 4) is 0 Å². The number of hydrogen-bond acceptors (Lipinski definition) is 2. The fraction of sp³-hybridized carbons (Fsp3) is 0.500. The van der Waals surface area contributed by atoms with Crippen LogP contribution in [0.4, 0.5) is 5.69 Å². The predicted octanol–water partition coefficient (Wildman–Crippen LogP) is 4.47. The van der Waals surface area contributed by atoms with Crippen LogP contribution in [0, 0.1) is 23.7 Å².